The molecule has 0 spiro atoms. The second-order valence-electron chi connectivity index (χ2n) is 4.65. The van der Waals surface area contributed by atoms with Crippen LogP contribution in [0.25, 0.3) is 4.96 Å². The Labute approximate surface area is 120 Å². The first kappa shape index (κ1) is 12.8. The van der Waals surface area contributed by atoms with Gasteiger partial charge in [0.25, 0.3) is 5.91 Å². The fourth-order valence-electron chi connectivity index (χ4n) is 2.00. The van der Waals surface area contributed by atoms with Gasteiger partial charge in [0.15, 0.2) is 0 Å². The number of nitrogens with zero attached hydrogens (tertiary/aromatic N) is 3. The Morgan fingerprint density at radius 2 is 2.25 bits per heavy atom. The molecule has 0 fully saturated rings. The molecule has 3 rings (SSSR count). The predicted molar refractivity (Wildman–Crippen MR) is 78.0 cm³/mol. The first-order valence-corrected chi connectivity index (χ1v) is 7.10. The van der Waals surface area contributed by atoms with Crippen LogP contribution in [-0.4, -0.2) is 20.5 Å². The lowest BCUT2D eigenvalue weighted by atomic mass is 10.1. The van der Waals surface area contributed by atoms with Crippen molar-refractivity contribution < 1.29 is 4.79 Å². The summed E-state index contributed by atoms with van der Waals surface area (Å²) in [5, 5.41) is 8.04. The van der Waals surface area contributed by atoms with Gasteiger partial charge in [-0.3, -0.25) is 4.79 Å². The van der Waals surface area contributed by atoms with Crippen molar-refractivity contribution in [2.24, 2.45) is 0 Å². The van der Waals surface area contributed by atoms with E-state index in [4.69, 9.17) is 0 Å². The van der Waals surface area contributed by atoms with Crippen LogP contribution in [-0.2, 0) is 6.54 Å². The van der Waals surface area contributed by atoms with Crippen LogP contribution in [0.5, 0.6) is 0 Å². The number of aromatic nitrogens is 3. The van der Waals surface area contributed by atoms with Crippen LogP contribution < -0.4 is 5.32 Å². The van der Waals surface area contributed by atoms with Gasteiger partial charge in [-0.05, 0) is 19.4 Å². The Hall–Kier alpha value is -2.21. The van der Waals surface area contributed by atoms with E-state index in [1.807, 2.05) is 32.0 Å². The Morgan fingerprint density at radius 3 is 3.00 bits per heavy atom. The lowest BCUT2D eigenvalue weighted by molar-refractivity contribution is 0.0946. The van der Waals surface area contributed by atoms with Gasteiger partial charge in [0.1, 0.15) is 10.7 Å². The number of fused-ring (bicyclic) bond motifs is 1. The molecule has 0 aliphatic heterocycles. The Morgan fingerprint density at radius 1 is 1.40 bits per heavy atom. The molecule has 1 N–H and O–H groups in total. The summed E-state index contributed by atoms with van der Waals surface area (Å²) in [6.07, 6.45) is 1.66. The molecule has 0 radical (unpaired) electrons. The monoisotopic (exact) mass is 286 g/mol. The molecule has 20 heavy (non-hydrogen) atoms. The summed E-state index contributed by atoms with van der Waals surface area (Å²) in [6.45, 7) is 4.44. The molecule has 6 heteroatoms. The highest BCUT2D eigenvalue weighted by atomic mass is 32.1. The maximum atomic E-state index is 12.0. The van der Waals surface area contributed by atoms with Crippen molar-refractivity contribution in [3.05, 3.63) is 52.3 Å². The zero-order chi connectivity index (χ0) is 14.1. The van der Waals surface area contributed by atoms with Crippen molar-refractivity contribution >= 4 is 22.2 Å². The molecule has 2 aromatic heterocycles. The molecule has 1 aromatic carbocycles. The first-order valence-electron chi connectivity index (χ1n) is 6.28. The van der Waals surface area contributed by atoms with Gasteiger partial charge >= 0.3 is 0 Å². The normalized spacial score (nSPS) is 10.9. The van der Waals surface area contributed by atoms with Crippen molar-refractivity contribution in [3.63, 3.8) is 0 Å². The van der Waals surface area contributed by atoms with Crippen LogP contribution in [0.15, 0.2) is 30.5 Å². The van der Waals surface area contributed by atoms with Gasteiger partial charge in [-0.25, -0.2) is 9.50 Å². The summed E-state index contributed by atoms with van der Waals surface area (Å²) < 4.78 is 1.64. The highest BCUT2D eigenvalue weighted by Crippen LogP contribution is 2.13. The van der Waals surface area contributed by atoms with Gasteiger partial charge in [-0.15, -0.1) is 0 Å². The molecular formula is C14H14N4OS. The topological polar surface area (TPSA) is 59.3 Å². The molecule has 0 saturated carbocycles. The smallest absolute Gasteiger partial charge is 0.271 e. The first-order chi connectivity index (χ1) is 9.61. The largest absolute Gasteiger partial charge is 0.347 e. The second-order valence-corrected chi connectivity index (χ2v) is 5.81. The van der Waals surface area contributed by atoms with Crippen molar-refractivity contribution in [1.82, 2.24) is 19.9 Å². The number of hydrogen-bond acceptors (Lipinski definition) is 4. The minimum absolute atomic E-state index is 0.179. The molecule has 102 valence electrons. The van der Waals surface area contributed by atoms with E-state index in [9.17, 15) is 4.79 Å². The highest BCUT2D eigenvalue weighted by molar-refractivity contribution is 7.16. The molecule has 0 aliphatic rings. The average Bonchev–Trinajstić information content (AvgIpc) is 2.93. The summed E-state index contributed by atoms with van der Waals surface area (Å²) in [4.78, 5) is 17.1. The summed E-state index contributed by atoms with van der Waals surface area (Å²) in [7, 11) is 0. The van der Waals surface area contributed by atoms with Gasteiger partial charge in [-0.1, -0.05) is 41.2 Å². The van der Waals surface area contributed by atoms with E-state index < -0.39 is 0 Å². The van der Waals surface area contributed by atoms with E-state index in [2.05, 4.69) is 21.5 Å². The molecule has 0 saturated heterocycles. The van der Waals surface area contributed by atoms with Crippen molar-refractivity contribution in [2.75, 3.05) is 0 Å². The summed E-state index contributed by atoms with van der Waals surface area (Å²) in [6, 6.07) is 8.06. The maximum Gasteiger partial charge on any atom is 0.271 e. The SMILES string of the molecule is Cc1cccc(CNC(=O)c2cn3nc(C)sc3n2)c1. The zero-order valence-corrected chi connectivity index (χ0v) is 12.1. The third-order valence-electron chi connectivity index (χ3n) is 2.91. The van der Waals surface area contributed by atoms with Crippen LogP contribution >= 0.6 is 11.3 Å². The molecule has 1 amide bonds. The van der Waals surface area contributed by atoms with E-state index in [0.717, 1.165) is 15.5 Å². The second kappa shape index (κ2) is 5.05. The molecule has 0 atom stereocenters. The minimum atomic E-state index is -0.179. The number of carbonyl (C=O) groups is 1. The number of aryl methyl sites for hydroxylation is 2. The maximum absolute atomic E-state index is 12.0. The van der Waals surface area contributed by atoms with Gasteiger partial charge in [0.05, 0.1) is 6.20 Å². The van der Waals surface area contributed by atoms with Crippen LogP contribution in [0.2, 0.25) is 0 Å². The van der Waals surface area contributed by atoms with Crippen LogP contribution in [0.3, 0.4) is 0 Å². The summed E-state index contributed by atoms with van der Waals surface area (Å²) in [5.74, 6) is -0.179. The van der Waals surface area contributed by atoms with Gasteiger partial charge < -0.3 is 5.32 Å². The lowest BCUT2D eigenvalue weighted by Gasteiger charge is -2.04. The number of imidazole rings is 1. The van der Waals surface area contributed by atoms with Crippen molar-refractivity contribution in [3.8, 4) is 0 Å². The minimum Gasteiger partial charge on any atom is -0.347 e. The summed E-state index contributed by atoms with van der Waals surface area (Å²) >= 11 is 1.47. The number of rotatable bonds is 3. The third-order valence-corrected chi connectivity index (χ3v) is 3.75. The van der Waals surface area contributed by atoms with E-state index in [1.54, 1.807) is 10.7 Å². The Kier molecular flexibility index (Phi) is 3.23. The van der Waals surface area contributed by atoms with E-state index >= 15 is 0 Å². The van der Waals surface area contributed by atoms with Crippen LogP contribution in [0.4, 0.5) is 0 Å². The number of hydrogen-bond donors (Lipinski definition) is 1. The number of amides is 1. The Bertz CT molecular complexity index is 743. The van der Waals surface area contributed by atoms with Crippen LogP contribution in [0.1, 0.15) is 26.6 Å². The lowest BCUT2D eigenvalue weighted by Crippen LogP contribution is -2.23. The number of nitrogens with one attached hydrogen (secondary N) is 1. The molecule has 3 aromatic rings. The number of benzene rings is 1. The quantitative estimate of drug-likeness (QED) is 0.804. The predicted octanol–water partition coefficient (Wildman–Crippen LogP) is 2.34. The highest BCUT2D eigenvalue weighted by Gasteiger charge is 2.12. The molecule has 2 heterocycles. The molecule has 5 nitrogen and oxygen atoms in total. The molecule has 0 aliphatic carbocycles. The molecular weight excluding hydrogens is 272 g/mol. The summed E-state index contributed by atoms with van der Waals surface area (Å²) in [5.41, 5.74) is 2.66. The third kappa shape index (κ3) is 2.55. The average molecular weight is 286 g/mol. The standard InChI is InChI=1S/C14H14N4OS/c1-9-4-3-5-11(6-9)7-15-13(19)12-8-18-14(16-12)20-10(2)17-18/h3-6,8H,7H2,1-2H3,(H,15,19). The Balaban J connectivity index is 1.71. The van der Waals surface area contributed by atoms with Gasteiger partial charge in [0, 0.05) is 6.54 Å². The molecule has 0 bridgehead atoms. The zero-order valence-electron chi connectivity index (χ0n) is 11.3. The fourth-order valence-corrected chi connectivity index (χ4v) is 2.73. The van der Waals surface area contributed by atoms with Crippen molar-refractivity contribution in [2.45, 2.75) is 20.4 Å². The van der Waals surface area contributed by atoms with Gasteiger partial charge in [-0.2, -0.15) is 5.10 Å². The fraction of sp³-hybridized carbons (Fsp3) is 0.214. The number of carbonyl (C=O) groups excluding carboxylic acids is 1. The van der Waals surface area contributed by atoms with Crippen molar-refractivity contribution in [1.29, 1.82) is 0 Å². The van der Waals surface area contributed by atoms with Crippen LogP contribution in [0, 0.1) is 13.8 Å². The molecule has 0 unspecified atom stereocenters. The van der Waals surface area contributed by atoms with Gasteiger partial charge in [0.2, 0.25) is 4.96 Å². The van der Waals surface area contributed by atoms with E-state index in [-0.39, 0.29) is 5.91 Å². The van der Waals surface area contributed by atoms with E-state index in [1.165, 1.54) is 16.9 Å². The van der Waals surface area contributed by atoms with E-state index in [0.29, 0.717) is 12.2 Å².